The van der Waals surface area contributed by atoms with Crippen molar-refractivity contribution in [3.05, 3.63) is 65.2 Å². The van der Waals surface area contributed by atoms with Gasteiger partial charge in [0.15, 0.2) is 0 Å². The van der Waals surface area contributed by atoms with Crippen molar-refractivity contribution in [2.24, 2.45) is 0 Å². The second kappa shape index (κ2) is 6.10. The summed E-state index contributed by atoms with van der Waals surface area (Å²) in [5.41, 5.74) is 5.46. The first kappa shape index (κ1) is 13.2. The minimum Gasteiger partial charge on any atom is -0.382 e. The third-order valence-electron chi connectivity index (χ3n) is 3.97. The summed E-state index contributed by atoms with van der Waals surface area (Å²) < 4.78 is 5.36. The van der Waals surface area contributed by atoms with Crippen LogP contribution in [0.25, 0.3) is 0 Å². The zero-order valence-electron chi connectivity index (χ0n) is 11.9. The van der Waals surface area contributed by atoms with Gasteiger partial charge < -0.3 is 10.1 Å². The molecule has 0 heterocycles. The quantitative estimate of drug-likeness (QED) is 0.885. The van der Waals surface area contributed by atoms with Crippen LogP contribution in [0, 0.1) is 0 Å². The molecule has 0 saturated carbocycles. The number of nitrogens with one attached hydrogen (secondary N) is 1. The molecule has 2 nitrogen and oxygen atoms in total. The summed E-state index contributed by atoms with van der Waals surface area (Å²) in [5.74, 6) is 0. The number of rotatable bonds is 5. The Labute approximate surface area is 120 Å². The van der Waals surface area contributed by atoms with Crippen LogP contribution >= 0.6 is 0 Å². The van der Waals surface area contributed by atoms with Gasteiger partial charge in [-0.25, -0.2) is 0 Å². The normalized spacial score (nSPS) is 14.8. The van der Waals surface area contributed by atoms with Gasteiger partial charge in [-0.3, -0.25) is 0 Å². The molecule has 1 aliphatic rings. The molecular formula is C18H21NO. The molecule has 0 amide bonds. The van der Waals surface area contributed by atoms with E-state index in [2.05, 4.69) is 47.8 Å². The number of hydrogen-bond acceptors (Lipinski definition) is 2. The van der Waals surface area contributed by atoms with Crippen molar-refractivity contribution in [3.63, 3.8) is 0 Å². The Balaban J connectivity index is 1.80. The summed E-state index contributed by atoms with van der Waals surface area (Å²) >= 11 is 0. The molecule has 0 aromatic heterocycles. The Hall–Kier alpha value is -1.80. The Morgan fingerprint density at radius 1 is 1.05 bits per heavy atom. The van der Waals surface area contributed by atoms with Crippen molar-refractivity contribution in [1.29, 1.82) is 0 Å². The van der Waals surface area contributed by atoms with Crippen LogP contribution in [0.3, 0.4) is 0 Å². The highest BCUT2D eigenvalue weighted by Crippen LogP contribution is 2.27. The molecule has 0 fully saturated rings. The minimum absolute atomic E-state index is 0.195. The smallest absolute Gasteiger partial charge is 0.0747 e. The van der Waals surface area contributed by atoms with Crippen LogP contribution in [0.15, 0.2) is 48.5 Å². The molecule has 3 rings (SSSR count). The average molecular weight is 267 g/mol. The van der Waals surface area contributed by atoms with E-state index in [4.69, 9.17) is 4.74 Å². The van der Waals surface area contributed by atoms with Crippen LogP contribution in [0.1, 0.15) is 29.2 Å². The van der Waals surface area contributed by atoms with Crippen LogP contribution in [0.5, 0.6) is 0 Å². The van der Waals surface area contributed by atoms with Crippen molar-refractivity contribution in [1.82, 2.24) is 0 Å². The molecule has 1 unspecified atom stereocenters. The van der Waals surface area contributed by atoms with Crippen molar-refractivity contribution < 1.29 is 4.74 Å². The second-order valence-electron chi connectivity index (χ2n) is 5.40. The van der Waals surface area contributed by atoms with E-state index in [9.17, 15) is 0 Å². The Morgan fingerprint density at radius 2 is 1.85 bits per heavy atom. The number of fused-ring (bicyclic) bond motifs is 1. The molecule has 1 atom stereocenters. The van der Waals surface area contributed by atoms with Gasteiger partial charge in [0.1, 0.15) is 0 Å². The fraction of sp³-hybridized carbons (Fsp3) is 0.333. The molecule has 104 valence electrons. The number of anilines is 1. The maximum Gasteiger partial charge on any atom is 0.0747 e. The lowest BCUT2D eigenvalue weighted by atomic mass is 10.1. The monoisotopic (exact) mass is 267 g/mol. The van der Waals surface area contributed by atoms with Crippen molar-refractivity contribution in [3.8, 4) is 0 Å². The average Bonchev–Trinajstić information content (AvgIpc) is 2.95. The summed E-state index contributed by atoms with van der Waals surface area (Å²) in [6, 6.07) is 17.4. The van der Waals surface area contributed by atoms with E-state index in [0.717, 1.165) is 0 Å². The van der Waals surface area contributed by atoms with E-state index >= 15 is 0 Å². The molecule has 2 aromatic carbocycles. The van der Waals surface area contributed by atoms with Crippen LogP contribution in [0.4, 0.5) is 5.69 Å². The third kappa shape index (κ3) is 2.86. The molecular weight excluding hydrogens is 246 g/mol. The van der Waals surface area contributed by atoms with Gasteiger partial charge in [0.25, 0.3) is 0 Å². The largest absolute Gasteiger partial charge is 0.382 e. The Morgan fingerprint density at radius 3 is 2.65 bits per heavy atom. The minimum atomic E-state index is 0.195. The fourth-order valence-corrected chi connectivity index (χ4v) is 2.94. The molecule has 20 heavy (non-hydrogen) atoms. The van der Waals surface area contributed by atoms with Gasteiger partial charge in [0, 0.05) is 12.8 Å². The molecule has 1 N–H and O–H groups in total. The van der Waals surface area contributed by atoms with Crippen molar-refractivity contribution in [2.75, 3.05) is 19.0 Å². The fourth-order valence-electron chi connectivity index (χ4n) is 2.94. The molecule has 0 aliphatic heterocycles. The molecule has 2 heteroatoms. The van der Waals surface area contributed by atoms with E-state index in [-0.39, 0.29) is 6.04 Å². The van der Waals surface area contributed by atoms with Gasteiger partial charge in [0.2, 0.25) is 0 Å². The number of benzene rings is 2. The number of methoxy groups -OCH3 is 1. The lowest BCUT2D eigenvalue weighted by molar-refractivity contribution is 0.186. The third-order valence-corrected chi connectivity index (χ3v) is 3.97. The molecule has 0 bridgehead atoms. The summed E-state index contributed by atoms with van der Waals surface area (Å²) in [5, 5.41) is 3.60. The van der Waals surface area contributed by atoms with Gasteiger partial charge in [-0.05, 0) is 48.1 Å². The number of ether oxygens (including phenoxy) is 1. The molecule has 0 saturated heterocycles. The van der Waals surface area contributed by atoms with E-state index < -0.39 is 0 Å². The first-order chi connectivity index (χ1) is 9.86. The summed E-state index contributed by atoms with van der Waals surface area (Å²) in [6.45, 7) is 0.668. The molecule has 1 aliphatic carbocycles. The van der Waals surface area contributed by atoms with Gasteiger partial charge in [-0.15, -0.1) is 0 Å². The molecule has 0 radical (unpaired) electrons. The first-order valence-electron chi connectivity index (χ1n) is 7.29. The maximum atomic E-state index is 5.36. The SMILES string of the molecule is COCC(Nc1ccc2c(c1)CCC2)c1ccccc1. The molecule has 0 spiro atoms. The summed E-state index contributed by atoms with van der Waals surface area (Å²) in [7, 11) is 1.75. The highest BCUT2D eigenvalue weighted by atomic mass is 16.5. The van der Waals surface area contributed by atoms with Gasteiger partial charge in [-0.2, -0.15) is 0 Å². The lowest BCUT2D eigenvalue weighted by Gasteiger charge is -2.20. The van der Waals surface area contributed by atoms with Crippen LogP contribution in [-0.2, 0) is 17.6 Å². The first-order valence-corrected chi connectivity index (χ1v) is 7.29. The van der Waals surface area contributed by atoms with Gasteiger partial charge in [-0.1, -0.05) is 36.4 Å². The highest BCUT2D eigenvalue weighted by molar-refractivity contribution is 5.51. The zero-order valence-corrected chi connectivity index (χ0v) is 11.9. The summed E-state index contributed by atoms with van der Waals surface area (Å²) in [6.07, 6.45) is 3.74. The zero-order chi connectivity index (χ0) is 13.8. The second-order valence-corrected chi connectivity index (χ2v) is 5.40. The highest BCUT2D eigenvalue weighted by Gasteiger charge is 2.14. The van der Waals surface area contributed by atoms with Crippen LogP contribution < -0.4 is 5.32 Å². The van der Waals surface area contributed by atoms with E-state index in [1.54, 1.807) is 7.11 Å². The maximum absolute atomic E-state index is 5.36. The standard InChI is InChI=1S/C18H21NO/c1-20-13-18(15-6-3-2-4-7-15)19-17-11-10-14-8-5-9-16(14)12-17/h2-4,6-7,10-12,18-19H,5,8-9,13H2,1H3. The predicted octanol–water partition coefficient (Wildman–Crippen LogP) is 3.97. The Bertz CT molecular complexity index is 565. The van der Waals surface area contributed by atoms with Crippen LogP contribution in [0.2, 0.25) is 0 Å². The predicted molar refractivity (Wildman–Crippen MR) is 83.1 cm³/mol. The number of hydrogen-bond donors (Lipinski definition) is 1. The molecule has 2 aromatic rings. The van der Waals surface area contributed by atoms with E-state index in [1.807, 2.05) is 6.07 Å². The van der Waals surface area contributed by atoms with Crippen LogP contribution in [-0.4, -0.2) is 13.7 Å². The van der Waals surface area contributed by atoms with Crippen molar-refractivity contribution >= 4 is 5.69 Å². The van der Waals surface area contributed by atoms with Gasteiger partial charge >= 0.3 is 0 Å². The Kier molecular flexibility index (Phi) is 4.03. The van der Waals surface area contributed by atoms with Gasteiger partial charge in [0.05, 0.1) is 12.6 Å². The van der Waals surface area contributed by atoms with E-state index in [0.29, 0.717) is 6.61 Å². The van der Waals surface area contributed by atoms with E-state index in [1.165, 1.54) is 41.6 Å². The summed E-state index contributed by atoms with van der Waals surface area (Å²) in [4.78, 5) is 0. The number of aryl methyl sites for hydroxylation is 2. The topological polar surface area (TPSA) is 21.3 Å². The lowest BCUT2D eigenvalue weighted by Crippen LogP contribution is -2.16. The van der Waals surface area contributed by atoms with Crippen molar-refractivity contribution in [2.45, 2.75) is 25.3 Å².